The molecule has 0 amide bonds. The van der Waals surface area contributed by atoms with Crippen LogP contribution in [-0.2, 0) is 0 Å². The summed E-state index contributed by atoms with van der Waals surface area (Å²) in [5.74, 6) is 0.111. The molecule has 0 aliphatic heterocycles. The summed E-state index contributed by atoms with van der Waals surface area (Å²) in [7, 11) is 0. The molecule has 0 fully saturated rings. The maximum Gasteiger partial charge on any atom is 0.260 e. The van der Waals surface area contributed by atoms with Crippen molar-refractivity contribution in [1.82, 2.24) is 10.1 Å². The van der Waals surface area contributed by atoms with Crippen LogP contribution < -0.4 is 5.73 Å². The Kier molecular flexibility index (Phi) is 3.12. The minimum absolute atomic E-state index is 0.164. The smallest absolute Gasteiger partial charge is 0.260 e. The Balaban J connectivity index is 2.04. The number of nitrogens with zero attached hydrogens (tertiary/aromatic N) is 2. The fourth-order valence-electron chi connectivity index (χ4n) is 1.79. The van der Waals surface area contributed by atoms with Crippen LogP contribution >= 0.6 is 11.6 Å². The Morgan fingerprint density at radius 1 is 1.15 bits per heavy atom. The SMILES string of the molecule is Nc1ccc(F)cc1-c1nc(-c2cccc(Cl)c2)no1. The molecule has 0 radical (unpaired) electrons. The van der Waals surface area contributed by atoms with E-state index in [1.165, 1.54) is 18.2 Å². The standard InChI is InChI=1S/C14H9ClFN3O/c15-9-3-1-2-8(6-9)13-18-14(20-19-13)11-7-10(16)4-5-12(11)17/h1-7H,17H2. The Morgan fingerprint density at radius 2 is 2.00 bits per heavy atom. The van der Waals surface area contributed by atoms with Crippen molar-refractivity contribution in [2.24, 2.45) is 0 Å². The van der Waals surface area contributed by atoms with E-state index in [2.05, 4.69) is 10.1 Å². The lowest BCUT2D eigenvalue weighted by atomic mass is 10.1. The number of rotatable bonds is 2. The summed E-state index contributed by atoms with van der Waals surface area (Å²) >= 11 is 5.91. The quantitative estimate of drug-likeness (QED) is 0.729. The summed E-state index contributed by atoms with van der Waals surface area (Å²) in [4.78, 5) is 4.21. The van der Waals surface area contributed by atoms with Crippen molar-refractivity contribution < 1.29 is 8.91 Å². The van der Waals surface area contributed by atoms with Crippen molar-refractivity contribution in [3.05, 3.63) is 53.3 Å². The highest BCUT2D eigenvalue weighted by atomic mass is 35.5. The van der Waals surface area contributed by atoms with E-state index >= 15 is 0 Å². The van der Waals surface area contributed by atoms with Gasteiger partial charge in [-0.15, -0.1) is 0 Å². The molecule has 0 saturated carbocycles. The summed E-state index contributed by atoms with van der Waals surface area (Å²) in [6.07, 6.45) is 0. The van der Waals surface area contributed by atoms with Crippen molar-refractivity contribution in [1.29, 1.82) is 0 Å². The van der Waals surface area contributed by atoms with E-state index in [1.54, 1.807) is 24.3 Å². The molecule has 0 bridgehead atoms. The minimum atomic E-state index is -0.420. The molecule has 6 heteroatoms. The zero-order chi connectivity index (χ0) is 14.1. The second-order valence-corrected chi connectivity index (χ2v) is 4.60. The third kappa shape index (κ3) is 2.35. The molecule has 2 aromatic carbocycles. The predicted octanol–water partition coefficient (Wildman–Crippen LogP) is 3.78. The van der Waals surface area contributed by atoms with Gasteiger partial charge >= 0.3 is 0 Å². The number of nitrogen functional groups attached to an aromatic ring is 1. The second kappa shape index (κ2) is 4.94. The predicted molar refractivity (Wildman–Crippen MR) is 74.6 cm³/mol. The van der Waals surface area contributed by atoms with Gasteiger partial charge < -0.3 is 10.3 Å². The number of aromatic nitrogens is 2. The first-order valence-electron chi connectivity index (χ1n) is 5.78. The third-order valence-electron chi connectivity index (χ3n) is 2.75. The zero-order valence-electron chi connectivity index (χ0n) is 10.2. The van der Waals surface area contributed by atoms with Crippen molar-refractivity contribution in [2.75, 3.05) is 5.73 Å². The molecule has 0 saturated heterocycles. The van der Waals surface area contributed by atoms with E-state index in [0.717, 1.165) is 0 Å². The molecule has 1 heterocycles. The van der Waals surface area contributed by atoms with E-state index in [0.29, 0.717) is 27.7 Å². The fraction of sp³-hybridized carbons (Fsp3) is 0. The molecule has 4 nitrogen and oxygen atoms in total. The van der Waals surface area contributed by atoms with Crippen LogP contribution in [0, 0.1) is 5.82 Å². The van der Waals surface area contributed by atoms with Crippen LogP contribution in [-0.4, -0.2) is 10.1 Å². The number of nitrogens with two attached hydrogens (primary N) is 1. The zero-order valence-corrected chi connectivity index (χ0v) is 10.9. The summed E-state index contributed by atoms with van der Waals surface area (Å²) in [6, 6.07) is 11.0. The summed E-state index contributed by atoms with van der Waals surface area (Å²) < 4.78 is 18.4. The molecule has 1 aromatic heterocycles. The highest BCUT2D eigenvalue weighted by Gasteiger charge is 2.14. The molecule has 0 spiro atoms. The van der Waals surface area contributed by atoms with Crippen LogP contribution in [0.5, 0.6) is 0 Å². The topological polar surface area (TPSA) is 64.9 Å². The average Bonchev–Trinajstić information content (AvgIpc) is 2.91. The van der Waals surface area contributed by atoms with Crippen LogP contribution in [0.4, 0.5) is 10.1 Å². The minimum Gasteiger partial charge on any atom is -0.398 e. The number of hydrogen-bond acceptors (Lipinski definition) is 4. The van der Waals surface area contributed by atoms with Gasteiger partial charge in [0, 0.05) is 16.3 Å². The molecule has 20 heavy (non-hydrogen) atoms. The van der Waals surface area contributed by atoms with Gasteiger partial charge in [0.15, 0.2) is 0 Å². The first-order valence-corrected chi connectivity index (χ1v) is 6.16. The molecule has 0 aliphatic rings. The number of anilines is 1. The molecule has 3 rings (SSSR count). The maximum absolute atomic E-state index is 13.3. The molecule has 100 valence electrons. The van der Waals surface area contributed by atoms with E-state index < -0.39 is 5.82 Å². The average molecular weight is 290 g/mol. The van der Waals surface area contributed by atoms with Crippen LogP contribution in [0.3, 0.4) is 0 Å². The highest BCUT2D eigenvalue weighted by Crippen LogP contribution is 2.28. The lowest BCUT2D eigenvalue weighted by molar-refractivity contribution is 0.432. The Hall–Kier alpha value is -2.40. The Morgan fingerprint density at radius 3 is 2.80 bits per heavy atom. The maximum atomic E-state index is 13.3. The number of hydrogen-bond donors (Lipinski definition) is 1. The van der Waals surface area contributed by atoms with Gasteiger partial charge in [-0.05, 0) is 30.3 Å². The van der Waals surface area contributed by atoms with Crippen LogP contribution in [0.15, 0.2) is 47.0 Å². The van der Waals surface area contributed by atoms with Crippen molar-refractivity contribution in [3.8, 4) is 22.8 Å². The third-order valence-corrected chi connectivity index (χ3v) is 2.99. The number of halogens is 2. The molecule has 0 unspecified atom stereocenters. The van der Waals surface area contributed by atoms with Gasteiger partial charge in [-0.2, -0.15) is 4.98 Å². The molecule has 0 aliphatic carbocycles. The summed E-state index contributed by atoms with van der Waals surface area (Å²) in [5, 5.41) is 4.42. The van der Waals surface area contributed by atoms with Gasteiger partial charge in [0.25, 0.3) is 5.89 Å². The first kappa shape index (κ1) is 12.6. The summed E-state index contributed by atoms with van der Waals surface area (Å²) in [5.41, 5.74) is 7.22. The van der Waals surface area contributed by atoms with Crippen LogP contribution in [0.2, 0.25) is 5.02 Å². The van der Waals surface area contributed by atoms with Gasteiger partial charge in [-0.25, -0.2) is 4.39 Å². The van der Waals surface area contributed by atoms with Gasteiger partial charge in [-0.3, -0.25) is 0 Å². The lowest BCUT2D eigenvalue weighted by Gasteiger charge is -1.99. The van der Waals surface area contributed by atoms with E-state index in [1.807, 2.05) is 0 Å². The van der Waals surface area contributed by atoms with Crippen molar-refractivity contribution in [2.45, 2.75) is 0 Å². The molecule has 2 N–H and O–H groups in total. The summed E-state index contributed by atoms with van der Waals surface area (Å²) in [6.45, 7) is 0. The van der Waals surface area contributed by atoms with Crippen molar-refractivity contribution in [3.63, 3.8) is 0 Å². The van der Waals surface area contributed by atoms with Crippen LogP contribution in [0.25, 0.3) is 22.8 Å². The molecular weight excluding hydrogens is 281 g/mol. The van der Waals surface area contributed by atoms with Crippen molar-refractivity contribution >= 4 is 17.3 Å². The normalized spacial score (nSPS) is 10.7. The van der Waals surface area contributed by atoms with Gasteiger partial charge in [0.2, 0.25) is 5.82 Å². The Labute approximate surface area is 119 Å². The molecular formula is C14H9ClFN3O. The second-order valence-electron chi connectivity index (χ2n) is 4.17. The van der Waals surface area contributed by atoms with Gasteiger partial charge in [-0.1, -0.05) is 28.9 Å². The lowest BCUT2D eigenvalue weighted by Crippen LogP contribution is -1.91. The molecule has 0 atom stereocenters. The van der Waals surface area contributed by atoms with Gasteiger partial charge in [0.1, 0.15) is 5.82 Å². The first-order chi connectivity index (χ1) is 9.63. The monoisotopic (exact) mass is 289 g/mol. The highest BCUT2D eigenvalue weighted by molar-refractivity contribution is 6.30. The largest absolute Gasteiger partial charge is 0.398 e. The van der Waals surface area contributed by atoms with E-state index in [9.17, 15) is 4.39 Å². The van der Waals surface area contributed by atoms with E-state index in [-0.39, 0.29) is 5.89 Å². The molecule has 3 aromatic rings. The van der Waals surface area contributed by atoms with Gasteiger partial charge in [0.05, 0.1) is 5.56 Å². The van der Waals surface area contributed by atoms with Crippen LogP contribution in [0.1, 0.15) is 0 Å². The fourth-order valence-corrected chi connectivity index (χ4v) is 1.98. The number of benzene rings is 2. The van der Waals surface area contributed by atoms with E-state index in [4.69, 9.17) is 21.9 Å². The Bertz CT molecular complexity index is 773.